The highest BCUT2D eigenvalue weighted by molar-refractivity contribution is 5.65. The van der Waals surface area contributed by atoms with Crippen molar-refractivity contribution in [3.8, 4) is 28.6 Å². The van der Waals surface area contributed by atoms with Crippen LogP contribution in [0, 0.1) is 0 Å². The monoisotopic (exact) mass is 437 g/mol. The molecule has 1 heterocycles. The number of nitrogens with zero attached hydrogens (tertiary/aromatic N) is 3. The van der Waals surface area contributed by atoms with Crippen LogP contribution in [0.2, 0.25) is 0 Å². The molecule has 0 bridgehead atoms. The predicted molar refractivity (Wildman–Crippen MR) is 128 cm³/mol. The number of aliphatic hydroxyl groups is 1. The van der Waals surface area contributed by atoms with Gasteiger partial charge in [0.2, 0.25) is 5.88 Å². The number of rotatable bonds is 12. The van der Waals surface area contributed by atoms with Crippen LogP contribution in [-0.4, -0.2) is 46.1 Å². The fourth-order valence-electron chi connectivity index (χ4n) is 3.92. The lowest BCUT2D eigenvalue weighted by Crippen LogP contribution is -2.32. The van der Waals surface area contributed by atoms with Gasteiger partial charge >= 0.3 is 0 Å². The first-order valence-electron chi connectivity index (χ1n) is 11.4. The lowest BCUT2D eigenvalue weighted by atomic mass is 10.1. The van der Waals surface area contributed by atoms with E-state index in [1.807, 2.05) is 49.5 Å². The molecule has 0 amide bonds. The summed E-state index contributed by atoms with van der Waals surface area (Å²) in [7, 11) is 3.55. The maximum absolute atomic E-state index is 10.5. The molecule has 1 aromatic heterocycles. The van der Waals surface area contributed by atoms with Crippen molar-refractivity contribution in [2.75, 3.05) is 20.2 Å². The number of aryl methyl sites for hydroxylation is 1. The zero-order valence-corrected chi connectivity index (χ0v) is 19.6. The van der Waals surface area contributed by atoms with Crippen molar-refractivity contribution in [3.63, 3.8) is 0 Å². The summed E-state index contributed by atoms with van der Waals surface area (Å²) >= 11 is 0. The van der Waals surface area contributed by atoms with Gasteiger partial charge in [-0.1, -0.05) is 56.7 Å². The van der Waals surface area contributed by atoms with E-state index in [0.29, 0.717) is 24.7 Å². The highest BCUT2D eigenvalue weighted by Gasteiger charge is 2.23. The molecule has 2 aromatic carbocycles. The van der Waals surface area contributed by atoms with Gasteiger partial charge in [-0.2, -0.15) is 5.10 Å². The zero-order valence-electron chi connectivity index (χ0n) is 19.6. The second kappa shape index (κ2) is 11.7. The summed E-state index contributed by atoms with van der Waals surface area (Å²) in [6.45, 7) is 6.42. The van der Waals surface area contributed by atoms with Crippen molar-refractivity contribution in [3.05, 3.63) is 60.2 Å². The van der Waals surface area contributed by atoms with E-state index in [0.717, 1.165) is 48.4 Å². The smallest absolute Gasteiger partial charge is 0.222 e. The van der Waals surface area contributed by atoms with Gasteiger partial charge in [-0.25, -0.2) is 4.68 Å². The fourth-order valence-corrected chi connectivity index (χ4v) is 3.92. The SMILES string of the molecule is CCC[C@@H](O)CN(CCC)Cc1c(-c2ccccc2)nn(C)c1Oc1cccc(OC)c1. The van der Waals surface area contributed by atoms with E-state index in [4.69, 9.17) is 14.6 Å². The van der Waals surface area contributed by atoms with E-state index in [1.165, 1.54) is 0 Å². The molecule has 0 aliphatic carbocycles. The molecule has 0 aliphatic heterocycles. The van der Waals surface area contributed by atoms with E-state index >= 15 is 0 Å². The first kappa shape index (κ1) is 23.8. The van der Waals surface area contributed by atoms with Gasteiger partial charge < -0.3 is 14.6 Å². The normalized spacial score (nSPS) is 12.2. The average Bonchev–Trinajstić information content (AvgIpc) is 3.10. The van der Waals surface area contributed by atoms with Crippen molar-refractivity contribution < 1.29 is 14.6 Å². The van der Waals surface area contributed by atoms with Crippen molar-refractivity contribution in [1.82, 2.24) is 14.7 Å². The molecule has 6 nitrogen and oxygen atoms in total. The van der Waals surface area contributed by atoms with Gasteiger partial charge in [-0.3, -0.25) is 4.90 Å². The third-order valence-electron chi connectivity index (χ3n) is 5.40. The summed E-state index contributed by atoms with van der Waals surface area (Å²) in [4.78, 5) is 2.29. The Morgan fingerprint density at radius 1 is 1.03 bits per heavy atom. The molecule has 1 N–H and O–H groups in total. The number of hydrogen-bond donors (Lipinski definition) is 1. The third kappa shape index (κ3) is 6.11. The van der Waals surface area contributed by atoms with E-state index in [1.54, 1.807) is 11.8 Å². The van der Waals surface area contributed by atoms with Gasteiger partial charge in [-0.15, -0.1) is 0 Å². The Hall–Kier alpha value is -2.83. The number of hydrogen-bond acceptors (Lipinski definition) is 5. The summed E-state index contributed by atoms with van der Waals surface area (Å²) in [5.41, 5.74) is 2.96. The van der Waals surface area contributed by atoms with E-state index in [9.17, 15) is 5.11 Å². The summed E-state index contributed by atoms with van der Waals surface area (Å²) in [5.74, 6) is 2.13. The second-order valence-corrected chi connectivity index (χ2v) is 8.08. The standard InChI is InChI=1S/C26H35N3O3/c1-5-11-21(30)18-29(16-6-2)19-24-25(20-12-8-7-9-13-20)27-28(3)26(24)32-23-15-10-14-22(17-23)31-4/h7-10,12-15,17,21,30H,5-6,11,16,18-19H2,1-4H3/t21-/m1/s1. The number of aliphatic hydroxyl groups excluding tert-OH is 1. The first-order chi connectivity index (χ1) is 15.5. The second-order valence-electron chi connectivity index (χ2n) is 8.08. The van der Waals surface area contributed by atoms with Crippen molar-refractivity contribution in [2.45, 2.75) is 45.8 Å². The molecule has 0 aliphatic rings. The van der Waals surface area contributed by atoms with Gasteiger partial charge in [0.25, 0.3) is 0 Å². The quantitative estimate of drug-likeness (QED) is 0.419. The van der Waals surface area contributed by atoms with Gasteiger partial charge in [0.1, 0.15) is 17.2 Å². The summed E-state index contributed by atoms with van der Waals surface area (Å²) in [5, 5.41) is 15.3. The first-order valence-corrected chi connectivity index (χ1v) is 11.4. The Kier molecular flexibility index (Phi) is 8.71. The average molecular weight is 438 g/mol. The maximum atomic E-state index is 10.5. The van der Waals surface area contributed by atoms with Crippen molar-refractivity contribution >= 4 is 0 Å². The third-order valence-corrected chi connectivity index (χ3v) is 5.40. The predicted octanol–water partition coefficient (Wildman–Crippen LogP) is 5.26. The molecule has 1 atom stereocenters. The highest BCUT2D eigenvalue weighted by Crippen LogP contribution is 2.35. The molecule has 3 rings (SSSR count). The summed E-state index contributed by atoms with van der Waals surface area (Å²) < 4.78 is 13.5. The van der Waals surface area contributed by atoms with Crippen LogP contribution in [0.15, 0.2) is 54.6 Å². The van der Waals surface area contributed by atoms with Gasteiger partial charge in [0, 0.05) is 31.8 Å². The molecule has 172 valence electrons. The van der Waals surface area contributed by atoms with Crippen molar-refractivity contribution in [2.24, 2.45) is 7.05 Å². The van der Waals surface area contributed by atoms with Crippen LogP contribution in [0.25, 0.3) is 11.3 Å². The van der Waals surface area contributed by atoms with Crippen LogP contribution in [0.4, 0.5) is 0 Å². The molecule has 0 unspecified atom stereocenters. The van der Waals surface area contributed by atoms with Crippen molar-refractivity contribution in [1.29, 1.82) is 0 Å². The zero-order chi connectivity index (χ0) is 22.9. The van der Waals surface area contributed by atoms with Gasteiger partial charge in [0.05, 0.1) is 18.8 Å². The molecule has 0 fully saturated rings. The Morgan fingerprint density at radius 3 is 2.47 bits per heavy atom. The molecule has 0 saturated carbocycles. The Morgan fingerprint density at radius 2 is 1.78 bits per heavy atom. The van der Waals surface area contributed by atoms with Gasteiger partial charge in [0.15, 0.2) is 0 Å². The molecule has 0 radical (unpaired) electrons. The minimum absolute atomic E-state index is 0.342. The number of benzene rings is 2. The van der Waals surface area contributed by atoms with Crippen LogP contribution in [0.3, 0.4) is 0 Å². The van der Waals surface area contributed by atoms with Crippen LogP contribution in [-0.2, 0) is 13.6 Å². The highest BCUT2D eigenvalue weighted by atomic mass is 16.5. The topological polar surface area (TPSA) is 59.8 Å². The number of ether oxygens (including phenoxy) is 2. The number of aromatic nitrogens is 2. The minimum atomic E-state index is -0.342. The molecule has 32 heavy (non-hydrogen) atoms. The van der Waals surface area contributed by atoms with E-state index < -0.39 is 0 Å². The van der Waals surface area contributed by atoms with Crippen LogP contribution >= 0.6 is 0 Å². The molecular weight excluding hydrogens is 402 g/mol. The fraction of sp³-hybridized carbons (Fsp3) is 0.423. The largest absolute Gasteiger partial charge is 0.497 e. The molecular formula is C26H35N3O3. The summed E-state index contributed by atoms with van der Waals surface area (Å²) in [6.07, 6.45) is 2.43. The van der Waals surface area contributed by atoms with Crippen LogP contribution < -0.4 is 9.47 Å². The molecule has 6 heteroatoms. The van der Waals surface area contributed by atoms with Crippen LogP contribution in [0.1, 0.15) is 38.7 Å². The molecule has 0 saturated heterocycles. The lowest BCUT2D eigenvalue weighted by molar-refractivity contribution is 0.100. The Balaban J connectivity index is 1.99. The molecule has 0 spiro atoms. The molecule has 3 aromatic rings. The minimum Gasteiger partial charge on any atom is -0.497 e. The Labute approximate surface area is 191 Å². The van der Waals surface area contributed by atoms with E-state index in [2.05, 4.69) is 30.9 Å². The number of methoxy groups -OCH3 is 1. The maximum Gasteiger partial charge on any atom is 0.222 e. The Bertz CT molecular complexity index is 972. The summed E-state index contributed by atoms with van der Waals surface area (Å²) in [6, 6.07) is 17.8. The lowest BCUT2D eigenvalue weighted by Gasteiger charge is -2.25. The van der Waals surface area contributed by atoms with Crippen LogP contribution in [0.5, 0.6) is 17.4 Å². The van der Waals surface area contributed by atoms with E-state index in [-0.39, 0.29) is 6.10 Å². The van der Waals surface area contributed by atoms with Gasteiger partial charge in [-0.05, 0) is 31.5 Å².